The Labute approximate surface area is 163 Å². The van der Waals surface area contributed by atoms with Crippen molar-refractivity contribution < 1.29 is 19.0 Å². The summed E-state index contributed by atoms with van der Waals surface area (Å²) in [6, 6.07) is 0. The van der Waals surface area contributed by atoms with Crippen molar-refractivity contribution in [3.05, 3.63) is 0 Å². The van der Waals surface area contributed by atoms with Crippen molar-refractivity contribution in [1.29, 1.82) is 0 Å². The van der Waals surface area contributed by atoms with Gasteiger partial charge in [0, 0.05) is 13.1 Å². The number of rotatable bonds is 15. The number of hydrogen-bond acceptors (Lipinski definition) is 5. The standard InChI is InChI=1S/C14H30N2O4.3C2H6/c1-3-4-5-6-16-14(17)13-20-12-11-19-10-9-18-8-7-15-2;3*1-2/h15H,3-13H2,1-2H3,(H,16,17);3*1-2H3. The number of amides is 1. The summed E-state index contributed by atoms with van der Waals surface area (Å²) in [7, 11) is 1.89. The molecule has 0 aliphatic heterocycles. The Morgan fingerprint density at radius 1 is 0.731 bits per heavy atom. The van der Waals surface area contributed by atoms with Crippen LogP contribution < -0.4 is 10.6 Å². The smallest absolute Gasteiger partial charge is 0.245 e. The molecule has 0 aromatic carbocycles. The molecule has 6 nitrogen and oxygen atoms in total. The van der Waals surface area contributed by atoms with E-state index in [1.807, 2.05) is 48.6 Å². The molecule has 0 aromatic rings. The molecule has 0 bridgehead atoms. The van der Waals surface area contributed by atoms with Gasteiger partial charge in [0.05, 0.1) is 33.0 Å². The van der Waals surface area contributed by atoms with Crippen LogP contribution in [0.1, 0.15) is 67.7 Å². The van der Waals surface area contributed by atoms with Gasteiger partial charge in [-0.15, -0.1) is 0 Å². The summed E-state index contributed by atoms with van der Waals surface area (Å²) in [6.45, 7) is 18.6. The Hall–Kier alpha value is -0.690. The molecule has 0 aliphatic rings. The van der Waals surface area contributed by atoms with Crippen molar-refractivity contribution in [3.8, 4) is 0 Å². The van der Waals surface area contributed by atoms with Gasteiger partial charge in [0.1, 0.15) is 6.61 Å². The van der Waals surface area contributed by atoms with E-state index in [2.05, 4.69) is 17.6 Å². The molecular weight excluding hydrogens is 332 g/mol. The topological polar surface area (TPSA) is 68.8 Å². The second-order valence-electron chi connectivity index (χ2n) is 4.44. The lowest BCUT2D eigenvalue weighted by molar-refractivity contribution is -0.126. The van der Waals surface area contributed by atoms with Gasteiger partial charge < -0.3 is 24.8 Å². The average molecular weight is 381 g/mol. The number of hydrogen-bond donors (Lipinski definition) is 2. The van der Waals surface area contributed by atoms with Crippen molar-refractivity contribution >= 4 is 5.91 Å². The molecular formula is C20H48N2O4. The number of unbranched alkanes of at least 4 members (excludes halogenated alkanes) is 2. The van der Waals surface area contributed by atoms with Gasteiger partial charge in [0.15, 0.2) is 0 Å². The zero-order chi connectivity index (χ0) is 20.9. The van der Waals surface area contributed by atoms with Gasteiger partial charge >= 0.3 is 0 Å². The van der Waals surface area contributed by atoms with E-state index < -0.39 is 0 Å². The maximum absolute atomic E-state index is 11.3. The molecule has 0 heterocycles. The van der Waals surface area contributed by atoms with Gasteiger partial charge in [-0.25, -0.2) is 0 Å². The van der Waals surface area contributed by atoms with Crippen molar-refractivity contribution in [2.24, 2.45) is 0 Å². The maximum atomic E-state index is 11.3. The molecule has 2 N–H and O–H groups in total. The predicted octanol–water partition coefficient (Wildman–Crippen LogP) is 3.64. The van der Waals surface area contributed by atoms with Gasteiger partial charge in [-0.1, -0.05) is 61.3 Å². The Kier molecular flexibility index (Phi) is 49.9. The third-order valence-corrected chi connectivity index (χ3v) is 2.58. The lowest BCUT2D eigenvalue weighted by Gasteiger charge is -2.07. The fourth-order valence-corrected chi connectivity index (χ4v) is 1.43. The third-order valence-electron chi connectivity index (χ3n) is 2.58. The van der Waals surface area contributed by atoms with Crippen molar-refractivity contribution in [1.82, 2.24) is 10.6 Å². The molecule has 0 aromatic heterocycles. The maximum Gasteiger partial charge on any atom is 0.245 e. The normalized spacial score (nSPS) is 8.92. The van der Waals surface area contributed by atoms with Crippen LogP contribution in [-0.4, -0.2) is 65.7 Å². The molecule has 1 amide bonds. The highest BCUT2D eigenvalue weighted by Gasteiger charge is 2.00. The van der Waals surface area contributed by atoms with E-state index in [0.717, 1.165) is 32.4 Å². The van der Waals surface area contributed by atoms with E-state index in [9.17, 15) is 4.79 Å². The van der Waals surface area contributed by atoms with Crippen molar-refractivity contribution in [3.63, 3.8) is 0 Å². The van der Waals surface area contributed by atoms with Crippen LogP contribution in [0, 0.1) is 0 Å². The van der Waals surface area contributed by atoms with E-state index in [4.69, 9.17) is 14.2 Å². The van der Waals surface area contributed by atoms with E-state index in [0.29, 0.717) is 33.0 Å². The zero-order valence-corrected chi connectivity index (χ0v) is 18.9. The monoisotopic (exact) mass is 380 g/mol. The largest absolute Gasteiger partial charge is 0.378 e. The quantitative estimate of drug-likeness (QED) is 0.425. The van der Waals surface area contributed by atoms with E-state index >= 15 is 0 Å². The Morgan fingerprint density at radius 2 is 1.23 bits per heavy atom. The second kappa shape index (κ2) is 39.4. The van der Waals surface area contributed by atoms with Gasteiger partial charge in [0.2, 0.25) is 5.91 Å². The van der Waals surface area contributed by atoms with Crippen LogP contribution in [0.5, 0.6) is 0 Å². The van der Waals surface area contributed by atoms with E-state index in [1.165, 1.54) is 0 Å². The highest BCUT2D eigenvalue weighted by Crippen LogP contribution is 1.91. The van der Waals surface area contributed by atoms with Gasteiger partial charge in [-0.2, -0.15) is 0 Å². The molecule has 0 saturated carbocycles. The van der Waals surface area contributed by atoms with Crippen LogP contribution in [-0.2, 0) is 19.0 Å². The molecule has 0 aliphatic carbocycles. The summed E-state index contributed by atoms with van der Waals surface area (Å²) in [5.74, 6) is -0.0588. The van der Waals surface area contributed by atoms with Crippen molar-refractivity contribution in [2.45, 2.75) is 67.7 Å². The van der Waals surface area contributed by atoms with Crippen molar-refractivity contribution in [2.75, 3.05) is 59.8 Å². The average Bonchev–Trinajstić information content (AvgIpc) is 2.71. The van der Waals surface area contributed by atoms with Gasteiger partial charge in [0.25, 0.3) is 0 Å². The van der Waals surface area contributed by atoms with Gasteiger partial charge in [-0.05, 0) is 13.5 Å². The molecule has 0 fully saturated rings. The Morgan fingerprint density at radius 3 is 1.73 bits per heavy atom. The second-order valence-corrected chi connectivity index (χ2v) is 4.44. The summed E-state index contributed by atoms with van der Waals surface area (Å²) in [4.78, 5) is 11.3. The summed E-state index contributed by atoms with van der Waals surface area (Å²) in [5.41, 5.74) is 0. The number of carbonyl (C=O) groups excluding carboxylic acids is 1. The first-order valence-corrected chi connectivity index (χ1v) is 10.5. The van der Waals surface area contributed by atoms with E-state index in [1.54, 1.807) is 0 Å². The number of likely N-dealkylation sites (N-methyl/N-ethyl adjacent to an activating group) is 1. The minimum atomic E-state index is -0.0588. The minimum absolute atomic E-state index is 0.0588. The molecule has 0 unspecified atom stereocenters. The molecule has 162 valence electrons. The number of nitrogens with one attached hydrogen (secondary N) is 2. The highest BCUT2D eigenvalue weighted by atomic mass is 16.5. The molecule has 26 heavy (non-hydrogen) atoms. The minimum Gasteiger partial charge on any atom is -0.378 e. The third kappa shape index (κ3) is 38.7. The summed E-state index contributed by atoms with van der Waals surface area (Å²) in [5, 5.41) is 5.81. The Bertz CT molecular complexity index is 218. The lowest BCUT2D eigenvalue weighted by atomic mass is 10.2. The van der Waals surface area contributed by atoms with Crippen LogP contribution in [0.2, 0.25) is 0 Å². The molecule has 0 saturated heterocycles. The number of ether oxygens (including phenoxy) is 3. The number of carbonyl (C=O) groups is 1. The summed E-state index contributed by atoms with van der Waals surface area (Å²) >= 11 is 0. The SMILES string of the molecule is CC.CC.CC.CCCCCNC(=O)COCCOCCOCCNC. The van der Waals surface area contributed by atoms with Gasteiger partial charge in [-0.3, -0.25) is 4.79 Å². The van der Waals surface area contributed by atoms with Crippen LogP contribution in [0.25, 0.3) is 0 Å². The molecule has 0 atom stereocenters. The summed E-state index contributed by atoms with van der Waals surface area (Å²) in [6.07, 6.45) is 3.33. The molecule has 0 rings (SSSR count). The first-order chi connectivity index (χ1) is 12.8. The Balaban J connectivity index is -0.000000362. The van der Waals surface area contributed by atoms with Crippen LogP contribution in [0.3, 0.4) is 0 Å². The van der Waals surface area contributed by atoms with Crippen LogP contribution >= 0.6 is 0 Å². The first-order valence-electron chi connectivity index (χ1n) is 10.5. The lowest BCUT2D eigenvalue weighted by Crippen LogP contribution is -2.29. The predicted molar refractivity (Wildman–Crippen MR) is 113 cm³/mol. The highest BCUT2D eigenvalue weighted by molar-refractivity contribution is 5.77. The summed E-state index contributed by atoms with van der Waals surface area (Å²) < 4.78 is 15.8. The van der Waals surface area contributed by atoms with E-state index in [-0.39, 0.29) is 12.5 Å². The molecule has 6 heteroatoms. The zero-order valence-electron chi connectivity index (χ0n) is 18.9. The van der Waals surface area contributed by atoms with Crippen LogP contribution in [0.4, 0.5) is 0 Å². The fourth-order valence-electron chi connectivity index (χ4n) is 1.43. The molecule has 0 radical (unpaired) electrons. The first kappa shape index (κ1) is 32.9. The van der Waals surface area contributed by atoms with Crippen LogP contribution in [0.15, 0.2) is 0 Å². The fraction of sp³-hybridized carbons (Fsp3) is 0.950. The molecule has 0 spiro atoms.